The molecule has 1 saturated heterocycles. The molecule has 2 fully saturated rings. The Bertz CT molecular complexity index is 566. The summed E-state index contributed by atoms with van der Waals surface area (Å²) in [6.07, 6.45) is 6.59. The number of morpholine rings is 1. The van der Waals surface area contributed by atoms with Crippen molar-refractivity contribution >= 4 is 41.3 Å². The van der Waals surface area contributed by atoms with Crippen molar-refractivity contribution in [3.05, 3.63) is 21.9 Å². The summed E-state index contributed by atoms with van der Waals surface area (Å²) in [5.74, 6) is 0.908. The zero-order valence-electron chi connectivity index (χ0n) is 16.1. The van der Waals surface area contributed by atoms with E-state index < -0.39 is 0 Å². The zero-order chi connectivity index (χ0) is 17.5. The summed E-state index contributed by atoms with van der Waals surface area (Å²) >= 11 is 1.80. The smallest absolute Gasteiger partial charge is 0.191 e. The number of thiophene rings is 1. The number of guanidine groups is 1. The van der Waals surface area contributed by atoms with Crippen LogP contribution in [0.3, 0.4) is 0 Å². The first-order valence-corrected chi connectivity index (χ1v) is 10.4. The normalized spacial score (nSPS) is 21.1. The second-order valence-corrected chi connectivity index (χ2v) is 8.19. The highest BCUT2D eigenvalue weighted by atomic mass is 127. The van der Waals surface area contributed by atoms with Crippen molar-refractivity contribution in [3.63, 3.8) is 0 Å². The zero-order valence-corrected chi connectivity index (χ0v) is 19.2. The number of nitrogens with zero attached hydrogens (tertiary/aromatic N) is 2. The highest BCUT2D eigenvalue weighted by molar-refractivity contribution is 14.0. The summed E-state index contributed by atoms with van der Waals surface area (Å²) in [5.41, 5.74) is 1.61. The SMILES string of the molecule is CN=C(NCc1sccc1C)NCC1(N2CCOCC2)CCCCC1.I. The molecule has 1 aromatic rings. The molecule has 2 aliphatic rings. The van der Waals surface area contributed by atoms with Gasteiger partial charge in [0.05, 0.1) is 19.8 Å². The lowest BCUT2D eigenvalue weighted by Crippen LogP contribution is -2.60. The molecule has 1 aliphatic heterocycles. The van der Waals surface area contributed by atoms with Crippen LogP contribution in [0.25, 0.3) is 0 Å². The second kappa shape index (κ2) is 10.8. The molecule has 3 rings (SSSR count). The van der Waals surface area contributed by atoms with Gasteiger partial charge < -0.3 is 15.4 Å². The number of aliphatic imine (C=N–C) groups is 1. The number of hydrogen-bond donors (Lipinski definition) is 2. The second-order valence-electron chi connectivity index (χ2n) is 7.19. The van der Waals surface area contributed by atoms with E-state index in [1.807, 2.05) is 7.05 Å². The van der Waals surface area contributed by atoms with Gasteiger partial charge in [0.25, 0.3) is 0 Å². The number of halogens is 1. The molecule has 1 aromatic heterocycles. The van der Waals surface area contributed by atoms with Gasteiger partial charge in [-0.1, -0.05) is 19.3 Å². The lowest BCUT2D eigenvalue weighted by atomic mass is 9.80. The lowest BCUT2D eigenvalue weighted by molar-refractivity contribution is -0.0352. The minimum atomic E-state index is 0. The fraction of sp³-hybridized carbons (Fsp3) is 0.737. The van der Waals surface area contributed by atoms with E-state index in [9.17, 15) is 0 Å². The Morgan fingerprint density at radius 1 is 1.23 bits per heavy atom. The molecule has 2 heterocycles. The van der Waals surface area contributed by atoms with Crippen LogP contribution in [0.2, 0.25) is 0 Å². The van der Waals surface area contributed by atoms with E-state index in [1.54, 1.807) is 11.3 Å². The molecule has 7 heteroatoms. The van der Waals surface area contributed by atoms with E-state index in [2.05, 4.69) is 38.9 Å². The number of nitrogens with one attached hydrogen (secondary N) is 2. The van der Waals surface area contributed by atoms with Crippen LogP contribution in [0.5, 0.6) is 0 Å². The predicted octanol–water partition coefficient (Wildman–Crippen LogP) is 3.37. The van der Waals surface area contributed by atoms with E-state index in [4.69, 9.17) is 4.74 Å². The molecule has 0 unspecified atom stereocenters. The number of ether oxygens (including phenoxy) is 1. The van der Waals surface area contributed by atoms with Crippen LogP contribution in [0.1, 0.15) is 42.5 Å². The quantitative estimate of drug-likeness (QED) is 0.376. The summed E-state index contributed by atoms with van der Waals surface area (Å²) in [7, 11) is 1.86. The van der Waals surface area contributed by atoms with Crippen molar-refractivity contribution in [2.75, 3.05) is 39.9 Å². The van der Waals surface area contributed by atoms with Gasteiger partial charge in [-0.25, -0.2) is 0 Å². The van der Waals surface area contributed by atoms with Gasteiger partial charge in [0.1, 0.15) is 0 Å². The number of hydrogen-bond acceptors (Lipinski definition) is 4. The Labute approximate surface area is 179 Å². The molecule has 0 radical (unpaired) electrons. The maximum Gasteiger partial charge on any atom is 0.191 e. The molecule has 1 aliphatic carbocycles. The van der Waals surface area contributed by atoms with E-state index in [0.717, 1.165) is 45.4 Å². The first-order valence-electron chi connectivity index (χ1n) is 9.54. The standard InChI is InChI=1S/C19H32N4OS.HI/c1-16-6-13-25-17(16)14-21-18(20-2)22-15-19(7-4-3-5-8-19)23-9-11-24-12-10-23;/h6,13H,3-5,7-12,14-15H2,1-2H3,(H2,20,21,22);1H. The largest absolute Gasteiger partial charge is 0.379 e. The van der Waals surface area contributed by atoms with Crippen molar-refractivity contribution in [3.8, 4) is 0 Å². The highest BCUT2D eigenvalue weighted by Gasteiger charge is 2.38. The topological polar surface area (TPSA) is 48.9 Å². The van der Waals surface area contributed by atoms with E-state index in [0.29, 0.717) is 0 Å². The van der Waals surface area contributed by atoms with Crippen LogP contribution in [0.4, 0.5) is 0 Å². The summed E-state index contributed by atoms with van der Waals surface area (Å²) < 4.78 is 5.58. The van der Waals surface area contributed by atoms with Crippen LogP contribution < -0.4 is 10.6 Å². The lowest BCUT2D eigenvalue weighted by Gasteiger charge is -2.48. The van der Waals surface area contributed by atoms with Gasteiger partial charge in [0, 0.05) is 37.1 Å². The monoisotopic (exact) mass is 492 g/mol. The van der Waals surface area contributed by atoms with Gasteiger partial charge in [0.2, 0.25) is 0 Å². The van der Waals surface area contributed by atoms with Crippen LogP contribution in [-0.2, 0) is 11.3 Å². The Kier molecular flexibility index (Phi) is 9.12. The van der Waals surface area contributed by atoms with Gasteiger partial charge in [-0.3, -0.25) is 9.89 Å². The van der Waals surface area contributed by atoms with Gasteiger partial charge in [-0.2, -0.15) is 0 Å². The summed E-state index contributed by atoms with van der Waals surface area (Å²) in [5, 5.41) is 9.25. The van der Waals surface area contributed by atoms with Gasteiger partial charge in [-0.15, -0.1) is 35.3 Å². The molecule has 1 saturated carbocycles. The fourth-order valence-corrected chi connectivity index (χ4v) is 4.92. The maximum atomic E-state index is 5.58. The third-order valence-corrected chi connectivity index (χ3v) is 6.68. The van der Waals surface area contributed by atoms with Crippen molar-refractivity contribution in [1.82, 2.24) is 15.5 Å². The molecule has 148 valence electrons. The third-order valence-electron chi connectivity index (χ3n) is 5.66. The summed E-state index contributed by atoms with van der Waals surface area (Å²) in [6.45, 7) is 7.83. The van der Waals surface area contributed by atoms with Crippen molar-refractivity contribution in [2.24, 2.45) is 4.99 Å². The molecule has 0 spiro atoms. The highest BCUT2D eigenvalue weighted by Crippen LogP contribution is 2.33. The minimum absolute atomic E-state index is 0. The number of rotatable bonds is 5. The van der Waals surface area contributed by atoms with Crippen molar-refractivity contribution in [2.45, 2.75) is 51.1 Å². The predicted molar refractivity (Wildman–Crippen MR) is 121 cm³/mol. The average molecular weight is 492 g/mol. The van der Waals surface area contributed by atoms with Crippen LogP contribution >= 0.6 is 35.3 Å². The number of aryl methyl sites for hydroxylation is 1. The molecule has 26 heavy (non-hydrogen) atoms. The Balaban J connectivity index is 0.00000243. The Morgan fingerprint density at radius 3 is 2.58 bits per heavy atom. The molecule has 0 amide bonds. The van der Waals surface area contributed by atoms with Crippen LogP contribution in [0.15, 0.2) is 16.4 Å². The summed E-state index contributed by atoms with van der Waals surface area (Å²) in [6, 6.07) is 2.17. The Hall–Kier alpha value is -0.380. The average Bonchev–Trinajstić information content (AvgIpc) is 3.08. The maximum absolute atomic E-state index is 5.58. The molecule has 0 aromatic carbocycles. The van der Waals surface area contributed by atoms with Crippen LogP contribution in [-0.4, -0.2) is 56.3 Å². The third kappa shape index (κ3) is 5.56. The molecular formula is C19H33IN4OS. The van der Waals surface area contributed by atoms with Crippen LogP contribution in [0, 0.1) is 6.92 Å². The first kappa shape index (κ1) is 21.9. The van der Waals surface area contributed by atoms with Gasteiger partial charge in [-0.05, 0) is 36.8 Å². The van der Waals surface area contributed by atoms with E-state index in [1.165, 1.54) is 42.5 Å². The van der Waals surface area contributed by atoms with Crippen molar-refractivity contribution in [1.29, 1.82) is 0 Å². The summed E-state index contributed by atoms with van der Waals surface area (Å²) in [4.78, 5) is 8.48. The minimum Gasteiger partial charge on any atom is -0.379 e. The molecule has 0 bridgehead atoms. The van der Waals surface area contributed by atoms with E-state index in [-0.39, 0.29) is 29.5 Å². The van der Waals surface area contributed by atoms with Crippen molar-refractivity contribution < 1.29 is 4.74 Å². The fourth-order valence-electron chi connectivity index (χ4n) is 4.07. The Morgan fingerprint density at radius 2 is 1.96 bits per heavy atom. The molecular weight excluding hydrogens is 459 g/mol. The van der Waals surface area contributed by atoms with Gasteiger partial charge >= 0.3 is 0 Å². The van der Waals surface area contributed by atoms with Gasteiger partial charge in [0.15, 0.2) is 5.96 Å². The first-order chi connectivity index (χ1) is 12.2. The molecule has 2 N–H and O–H groups in total. The molecule has 5 nitrogen and oxygen atoms in total. The molecule has 0 atom stereocenters. The van der Waals surface area contributed by atoms with E-state index >= 15 is 0 Å².